The van der Waals surface area contributed by atoms with Crippen molar-refractivity contribution in [2.45, 2.75) is 30.2 Å². The van der Waals surface area contributed by atoms with Gasteiger partial charge in [0.2, 0.25) is 15.9 Å². The summed E-state index contributed by atoms with van der Waals surface area (Å²) in [6.45, 7) is 0. The highest BCUT2D eigenvalue weighted by atomic mass is 32.2. The van der Waals surface area contributed by atoms with E-state index in [0.29, 0.717) is 18.0 Å². The van der Waals surface area contributed by atoms with Crippen molar-refractivity contribution in [1.82, 2.24) is 4.72 Å². The normalized spacial score (nSPS) is 16.7. The van der Waals surface area contributed by atoms with Crippen molar-refractivity contribution in [2.24, 2.45) is 11.7 Å². The molecule has 1 atom stereocenters. The Bertz CT molecular complexity index is 579. The third kappa shape index (κ3) is 3.78. The van der Waals surface area contributed by atoms with Gasteiger partial charge in [-0.1, -0.05) is 0 Å². The maximum absolute atomic E-state index is 11.8. The van der Waals surface area contributed by atoms with E-state index in [-0.39, 0.29) is 16.8 Å². The highest BCUT2D eigenvalue weighted by Gasteiger charge is 2.29. The lowest BCUT2D eigenvalue weighted by Crippen LogP contribution is -2.28. The van der Waals surface area contributed by atoms with Crippen LogP contribution in [0.5, 0.6) is 0 Å². The van der Waals surface area contributed by atoms with Gasteiger partial charge >= 0.3 is 0 Å². The molecule has 0 radical (unpaired) electrons. The fraction of sp³-hybridized carbons (Fsp3) is 0.462. The summed E-state index contributed by atoms with van der Waals surface area (Å²) in [7, 11) is -2.10. The smallest absolute Gasteiger partial charge is 0.240 e. The number of amides is 1. The lowest BCUT2D eigenvalue weighted by molar-refractivity contribution is -0.116. The van der Waals surface area contributed by atoms with Crippen LogP contribution in [0.3, 0.4) is 0 Å². The summed E-state index contributed by atoms with van der Waals surface area (Å²) in [5.74, 6) is 0.331. The van der Waals surface area contributed by atoms with Crippen LogP contribution in [0, 0.1) is 5.92 Å². The Morgan fingerprint density at radius 3 is 2.45 bits per heavy atom. The zero-order valence-corrected chi connectivity index (χ0v) is 12.1. The maximum atomic E-state index is 11.8. The van der Waals surface area contributed by atoms with Gasteiger partial charge in [0.1, 0.15) is 0 Å². The first-order valence-corrected chi connectivity index (χ1v) is 8.00. The molecule has 0 aromatic heterocycles. The molecule has 2 rings (SSSR count). The Hall–Kier alpha value is -1.44. The van der Waals surface area contributed by atoms with Crippen LogP contribution in [0.1, 0.15) is 19.3 Å². The van der Waals surface area contributed by atoms with Gasteiger partial charge in [-0.25, -0.2) is 13.1 Å². The van der Waals surface area contributed by atoms with Crippen molar-refractivity contribution in [3.05, 3.63) is 24.3 Å². The lowest BCUT2D eigenvalue weighted by Gasteiger charge is -2.11. The number of hydrogen-bond acceptors (Lipinski definition) is 4. The van der Waals surface area contributed by atoms with Crippen LogP contribution in [-0.2, 0) is 14.8 Å². The zero-order chi connectivity index (χ0) is 14.8. The number of carbonyl (C=O) groups is 1. The number of benzene rings is 1. The van der Waals surface area contributed by atoms with Gasteiger partial charge in [-0.3, -0.25) is 4.79 Å². The van der Waals surface area contributed by atoms with Crippen molar-refractivity contribution in [3.63, 3.8) is 0 Å². The van der Waals surface area contributed by atoms with Crippen LogP contribution >= 0.6 is 0 Å². The molecule has 0 saturated heterocycles. The molecule has 4 N–H and O–H groups in total. The van der Waals surface area contributed by atoms with E-state index < -0.39 is 10.0 Å². The summed E-state index contributed by atoms with van der Waals surface area (Å²) in [6.07, 6.45) is 2.50. The average molecular weight is 297 g/mol. The monoisotopic (exact) mass is 297 g/mol. The van der Waals surface area contributed by atoms with Crippen LogP contribution < -0.4 is 15.8 Å². The van der Waals surface area contributed by atoms with Crippen molar-refractivity contribution < 1.29 is 13.2 Å². The highest BCUT2D eigenvalue weighted by molar-refractivity contribution is 7.89. The van der Waals surface area contributed by atoms with E-state index in [1.165, 1.54) is 19.2 Å². The van der Waals surface area contributed by atoms with Crippen LogP contribution in [0.15, 0.2) is 29.2 Å². The molecule has 7 heteroatoms. The van der Waals surface area contributed by atoms with E-state index in [1.807, 2.05) is 0 Å². The third-order valence-electron chi connectivity index (χ3n) is 3.37. The van der Waals surface area contributed by atoms with Crippen LogP contribution in [-0.4, -0.2) is 27.4 Å². The van der Waals surface area contributed by atoms with Gasteiger partial charge in [0.25, 0.3) is 0 Å². The van der Waals surface area contributed by atoms with E-state index >= 15 is 0 Å². The van der Waals surface area contributed by atoms with Crippen molar-refractivity contribution in [1.29, 1.82) is 0 Å². The standard InChI is InChI=1S/C13H19N3O3S/c1-15-20(18,19)11-6-4-10(5-7-11)16-13(17)8-12(14)9-2-3-9/h4-7,9,12,15H,2-3,8,14H2,1H3,(H,16,17). The second-order valence-electron chi connectivity index (χ2n) is 4.99. The summed E-state index contributed by atoms with van der Waals surface area (Å²) in [6, 6.07) is 5.93. The minimum Gasteiger partial charge on any atom is -0.327 e. The first kappa shape index (κ1) is 15.0. The second kappa shape index (κ2) is 5.90. The Morgan fingerprint density at radius 1 is 1.35 bits per heavy atom. The number of hydrogen-bond donors (Lipinski definition) is 3. The van der Waals surface area contributed by atoms with Crippen molar-refractivity contribution in [3.8, 4) is 0 Å². The Labute approximate surface area is 118 Å². The summed E-state index contributed by atoms with van der Waals surface area (Å²) in [5, 5.41) is 2.72. The molecule has 0 aliphatic heterocycles. The van der Waals surface area contributed by atoms with Gasteiger partial charge in [-0.15, -0.1) is 0 Å². The number of anilines is 1. The molecule has 20 heavy (non-hydrogen) atoms. The molecule has 1 fully saturated rings. The molecule has 0 spiro atoms. The third-order valence-corrected chi connectivity index (χ3v) is 4.80. The Balaban J connectivity index is 1.94. The van der Waals surface area contributed by atoms with E-state index in [4.69, 9.17) is 5.73 Å². The van der Waals surface area contributed by atoms with Gasteiger partial charge in [0.15, 0.2) is 0 Å². The highest BCUT2D eigenvalue weighted by Crippen LogP contribution is 2.32. The SMILES string of the molecule is CNS(=O)(=O)c1ccc(NC(=O)CC(N)C2CC2)cc1. The Morgan fingerprint density at radius 2 is 1.95 bits per heavy atom. The maximum Gasteiger partial charge on any atom is 0.240 e. The molecule has 6 nitrogen and oxygen atoms in total. The number of nitrogens with two attached hydrogens (primary N) is 1. The fourth-order valence-corrected chi connectivity index (χ4v) is 2.68. The molecular formula is C13H19N3O3S. The van der Waals surface area contributed by atoms with E-state index in [2.05, 4.69) is 10.0 Å². The fourth-order valence-electron chi connectivity index (χ4n) is 1.95. The van der Waals surface area contributed by atoms with E-state index in [1.54, 1.807) is 12.1 Å². The Kier molecular flexibility index (Phi) is 4.42. The number of rotatable bonds is 6. The van der Waals surface area contributed by atoms with Crippen molar-refractivity contribution >= 4 is 21.6 Å². The first-order chi connectivity index (χ1) is 9.42. The summed E-state index contributed by atoms with van der Waals surface area (Å²) in [5.41, 5.74) is 6.45. The van der Waals surface area contributed by atoms with Crippen LogP contribution in [0.25, 0.3) is 0 Å². The van der Waals surface area contributed by atoms with Gasteiger partial charge in [-0.2, -0.15) is 0 Å². The summed E-state index contributed by atoms with van der Waals surface area (Å²) in [4.78, 5) is 11.9. The minimum atomic E-state index is -3.45. The number of carbonyl (C=O) groups excluding carboxylic acids is 1. The van der Waals surface area contributed by atoms with Crippen LogP contribution in [0.4, 0.5) is 5.69 Å². The predicted molar refractivity (Wildman–Crippen MR) is 76.6 cm³/mol. The summed E-state index contributed by atoms with van der Waals surface area (Å²) >= 11 is 0. The molecular weight excluding hydrogens is 278 g/mol. The van der Waals surface area contributed by atoms with Gasteiger partial charge in [-0.05, 0) is 50.1 Å². The molecule has 1 unspecified atom stereocenters. The van der Waals surface area contributed by atoms with Gasteiger partial charge in [0, 0.05) is 18.2 Å². The average Bonchev–Trinajstić information content (AvgIpc) is 3.23. The molecule has 1 aliphatic rings. The molecule has 1 amide bonds. The summed E-state index contributed by atoms with van der Waals surface area (Å²) < 4.78 is 25.3. The molecule has 1 aliphatic carbocycles. The molecule has 0 bridgehead atoms. The molecule has 110 valence electrons. The predicted octanol–water partition coefficient (Wildman–Crippen LogP) is 0.661. The molecule has 1 aromatic rings. The van der Waals surface area contributed by atoms with Gasteiger partial charge < -0.3 is 11.1 Å². The zero-order valence-electron chi connectivity index (χ0n) is 11.3. The molecule has 0 heterocycles. The number of sulfonamides is 1. The minimum absolute atomic E-state index is 0.0843. The number of nitrogens with one attached hydrogen (secondary N) is 2. The quantitative estimate of drug-likeness (QED) is 0.718. The van der Waals surface area contributed by atoms with E-state index in [9.17, 15) is 13.2 Å². The lowest BCUT2D eigenvalue weighted by atomic mass is 10.1. The molecule has 1 saturated carbocycles. The van der Waals surface area contributed by atoms with Gasteiger partial charge in [0.05, 0.1) is 4.90 Å². The first-order valence-electron chi connectivity index (χ1n) is 6.51. The van der Waals surface area contributed by atoms with Crippen molar-refractivity contribution in [2.75, 3.05) is 12.4 Å². The topological polar surface area (TPSA) is 101 Å². The van der Waals surface area contributed by atoms with Crippen LogP contribution in [0.2, 0.25) is 0 Å². The second-order valence-corrected chi connectivity index (χ2v) is 6.87. The largest absolute Gasteiger partial charge is 0.327 e. The van der Waals surface area contributed by atoms with E-state index in [0.717, 1.165) is 12.8 Å². The molecule has 1 aromatic carbocycles.